The number of nitrogens with zero attached hydrogens (tertiary/aromatic N) is 2. The number of furan rings is 1. The Morgan fingerprint density at radius 1 is 1.09 bits per heavy atom. The maximum absolute atomic E-state index is 6.44. The Kier molecular flexibility index (Phi) is 6.10. The van der Waals surface area contributed by atoms with Crippen molar-refractivity contribution in [1.29, 1.82) is 0 Å². The molecule has 1 N–H and O–H groups in total. The molecular weight excluding hydrogens is 522 g/mol. The smallest absolute Gasteiger partial charge is 0.174 e. The molecule has 1 saturated heterocycles. The van der Waals surface area contributed by atoms with Crippen molar-refractivity contribution < 1.29 is 9.15 Å². The Hall–Kier alpha value is -2.87. The Labute approximate surface area is 210 Å². The molecule has 2 aromatic carbocycles. The zero-order chi connectivity index (χ0) is 22.9. The molecule has 4 aromatic rings. The molecule has 0 aliphatic carbocycles. The van der Waals surface area contributed by atoms with E-state index in [0.29, 0.717) is 15.9 Å². The lowest BCUT2D eigenvalue weighted by molar-refractivity contribution is 0.415. The Morgan fingerprint density at radius 3 is 2.61 bits per heavy atom. The lowest BCUT2D eigenvalue weighted by Crippen LogP contribution is -2.29. The zero-order valence-corrected chi connectivity index (χ0v) is 20.7. The average molecular weight is 541 g/mol. The van der Waals surface area contributed by atoms with Gasteiger partial charge in [0.05, 0.1) is 23.9 Å². The largest absolute Gasteiger partial charge is 0.495 e. The quantitative estimate of drug-likeness (QED) is 0.277. The van der Waals surface area contributed by atoms with E-state index in [-0.39, 0.29) is 12.1 Å². The van der Waals surface area contributed by atoms with Crippen molar-refractivity contribution >= 4 is 50.5 Å². The predicted octanol–water partition coefficient (Wildman–Crippen LogP) is 6.94. The molecule has 1 aliphatic rings. The van der Waals surface area contributed by atoms with Crippen LogP contribution < -0.4 is 15.0 Å². The molecule has 5 nitrogen and oxygen atoms in total. The van der Waals surface area contributed by atoms with Crippen molar-refractivity contribution in [2.24, 2.45) is 0 Å². The van der Waals surface area contributed by atoms with Crippen LogP contribution in [0.4, 0.5) is 5.69 Å². The number of anilines is 1. The van der Waals surface area contributed by atoms with Gasteiger partial charge in [-0.2, -0.15) is 0 Å². The summed E-state index contributed by atoms with van der Waals surface area (Å²) in [5.74, 6) is 2.15. The summed E-state index contributed by atoms with van der Waals surface area (Å²) in [5.41, 5.74) is 2.70. The number of methoxy groups -OCH3 is 1. The fourth-order valence-corrected chi connectivity index (χ4v) is 4.87. The van der Waals surface area contributed by atoms with E-state index >= 15 is 0 Å². The molecule has 1 aliphatic heterocycles. The molecule has 2 atom stereocenters. The molecule has 3 heterocycles. The fraction of sp³-hybridized carbons (Fsp3) is 0.120. The molecule has 5 rings (SSSR count). The highest BCUT2D eigenvalue weighted by molar-refractivity contribution is 9.10. The number of pyridine rings is 1. The van der Waals surface area contributed by atoms with E-state index < -0.39 is 0 Å². The highest BCUT2D eigenvalue weighted by Crippen LogP contribution is 2.44. The Bertz CT molecular complexity index is 1300. The summed E-state index contributed by atoms with van der Waals surface area (Å²) in [6, 6.07) is 23.0. The third-order valence-corrected chi connectivity index (χ3v) is 6.70. The number of rotatable bonds is 5. The Morgan fingerprint density at radius 2 is 1.91 bits per heavy atom. The van der Waals surface area contributed by atoms with Gasteiger partial charge in [0.1, 0.15) is 23.3 Å². The first-order valence-electron chi connectivity index (χ1n) is 10.2. The van der Waals surface area contributed by atoms with E-state index in [1.165, 1.54) is 0 Å². The number of nitrogens with one attached hydrogen (secondary N) is 1. The van der Waals surface area contributed by atoms with Crippen LogP contribution in [0.5, 0.6) is 5.75 Å². The molecule has 0 spiro atoms. The van der Waals surface area contributed by atoms with Crippen LogP contribution in [0.25, 0.3) is 11.3 Å². The standard InChI is InChI=1S/C25H19BrClN3O2S/c1-31-21-10-9-17(14-18(21)27)30-24(23(29-25(30)33)19-4-2-3-13-28-19)22-12-11-20(32-22)15-5-7-16(26)8-6-15/h2-14,23-24H,1H3,(H,29,33). The second kappa shape index (κ2) is 9.17. The van der Waals surface area contributed by atoms with Crippen LogP contribution >= 0.6 is 39.7 Å². The minimum Gasteiger partial charge on any atom is -0.495 e. The number of thiocarbonyl (C=S) groups is 1. The number of hydrogen-bond donors (Lipinski definition) is 1. The van der Waals surface area contributed by atoms with Crippen LogP contribution in [0.3, 0.4) is 0 Å². The van der Waals surface area contributed by atoms with Gasteiger partial charge >= 0.3 is 0 Å². The number of ether oxygens (including phenoxy) is 1. The maximum Gasteiger partial charge on any atom is 0.174 e. The molecule has 8 heteroatoms. The number of aromatic nitrogens is 1. The molecule has 0 saturated carbocycles. The van der Waals surface area contributed by atoms with Gasteiger partial charge in [0.15, 0.2) is 5.11 Å². The molecule has 2 unspecified atom stereocenters. The summed E-state index contributed by atoms with van der Waals surface area (Å²) < 4.78 is 12.7. The first-order valence-corrected chi connectivity index (χ1v) is 11.8. The van der Waals surface area contributed by atoms with Crippen LogP contribution in [0, 0.1) is 0 Å². The second-order valence-electron chi connectivity index (χ2n) is 7.52. The van der Waals surface area contributed by atoms with Crippen molar-refractivity contribution in [3.05, 3.63) is 99.9 Å². The number of halogens is 2. The summed E-state index contributed by atoms with van der Waals surface area (Å²) in [4.78, 5) is 6.59. The van der Waals surface area contributed by atoms with Gasteiger partial charge in [-0.25, -0.2) is 0 Å². The van der Waals surface area contributed by atoms with Gasteiger partial charge in [-0.15, -0.1) is 0 Å². The van der Waals surface area contributed by atoms with Crippen molar-refractivity contribution in [1.82, 2.24) is 10.3 Å². The summed E-state index contributed by atoms with van der Waals surface area (Å²) in [7, 11) is 1.59. The molecular formula is C25H19BrClN3O2S. The van der Waals surface area contributed by atoms with Crippen LogP contribution in [0.2, 0.25) is 5.02 Å². The first-order chi connectivity index (χ1) is 16.0. The fourth-order valence-electron chi connectivity index (χ4n) is 4.01. The van der Waals surface area contributed by atoms with E-state index in [4.69, 9.17) is 33.0 Å². The third kappa shape index (κ3) is 4.24. The Balaban J connectivity index is 1.59. The zero-order valence-electron chi connectivity index (χ0n) is 17.5. The van der Waals surface area contributed by atoms with Crippen LogP contribution in [0.15, 0.2) is 87.9 Å². The third-order valence-electron chi connectivity index (χ3n) is 5.56. The van der Waals surface area contributed by atoms with Gasteiger partial charge in [0, 0.05) is 21.9 Å². The maximum atomic E-state index is 6.44. The summed E-state index contributed by atoms with van der Waals surface area (Å²) >= 11 is 15.7. The topological polar surface area (TPSA) is 50.5 Å². The van der Waals surface area contributed by atoms with Crippen LogP contribution in [-0.4, -0.2) is 17.2 Å². The normalized spacial score (nSPS) is 17.8. The monoisotopic (exact) mass is 539 g/mol. The van der Waals surface area contributed by atoms with Gasteiger partial charge in [0.25, 0.3) is 0 Å². The van der Waals surface area contributed by atoms with Gasteiger partial charge in [-0.05, 0) is 66.8 Å². The summed E-state index contributed by atoms with van der Waals surface area (Å²) in [6.45, 7) is 0. The minimum atomic E-state index is -0.263. The highest BCUT2D eigenvalue weighted by atomic mass is 79.9. The van der Waals surface area contributed by atoms with E-state index in [9.17, 15) is 0 Å². The van der Waals surface area contributed by atoms with Crippen LogP contribution in [-0.2, 0) is 0 Å². The van der Waals surface area contributed by atoms with E-state index in [2.05, 4.69) is 26.2 Å². The van der Waals surface area contributed by atoms with E-state index in [0.717, 1.165) is 32.9 Å². The van der Waals surface area contributed by atoms with Gasteiger partial charge in [0.2, 0.25) is 0 Å². The van der Waals surface area contributed by atoms with Gasteiger partial charge in [-0.1, -0.05) is 45.7 Å². The van der Waals surface area contributed by atoms with Crippen molar-refractivity contribution in [2.45, 2.75) is 12.1 Å². The van der Waals surface area contributed by atoms with Gasteiger partial charge in [-0.3, -0.25) is 4.98 Å². The molecule has 0 radical (unpaired) electrons. The lowest BCUT2D eigenvalue weighted by Gasteiger charge is -2.26. The molecule has 0 bridgehead atoms. The lowest BCUT2D eigenvalue weighted by atomic mass is 10.0. The molecule has 33 heavy (non-hydrogen) atoms. The number of hydrogen-bond acceptors (Lipinski definition) is 4. The highest BCUT2D eigenvalue weighted by Gasteiger charge is 2.42. The van der Waals surface area contributed by atoms with Crippen molar-refractivity contribution in [3.63, 3.8) is 0 Å². The SMILES string of the molecule is COc1ccc(N2C(=S)NC(c3ccccn3)C2c2ccc(-c3ccc(Br)cc3)o2)cc1Cl. The molecule has 2 aromatic heterocycles. The molecule has 1 fully saturated rings. The average Bonchev–Trinajstić information content (AvgIpc) is 3.44. The van der Waals surface area contributed by atoms with Crippen molar-refractivity contribution in [2.75, 3.05) is 12.0 Å². The summed E-state index contributed by atoms with van der Waals surface area (Å²) in [6.07, 6.45) is 1.78. The predicted molar refractivity (Wildman–Crippen MR) is 138 cm³/mol. The van der Waals surface area contributed by atoms with Crippen LogP contribution in [0.1, 0.15) is 23.5 Å². The van der Waals surface area contributed by atoms with E-state index in [1.807, 2.05) is 77.7 Å². The van der Waals surface area contributed by atoms with Gasteiger partial charge < -0.3 is 19.4 Å². The second-order valence-corrected chi connectivity index (χ2v) is 9.23. The minimum absolute atomic E-state index is 0.205. The first kappa shape index (κ1) is 21.9. The van der Waals surface area contributed by atoms with E-state index in [1.54, 1.807) is 13.3 Å². The van der Waals surface area contributed by atoms with Crippen molar-refractivity contribution in [3.8, 4) is 17.1 Å². The summed E-state index contributed by atoms with van der Waals surface area (Å²) in [5, 5.41) is 4.50. The number of benzene rings is 2. The molecule has 166 valence electrons. The molecule has 0 amide bonds.